The number of aliphatic hydroxyl groups excluding tert-OH is 1. The van der Waals surface area contributed by atoms with Crippen LogP contribution in [0.4, 0.5) is 5.69 Å². The summed E-state index contributed by atoms with van der Waals surface area (Å²) in [5.41, 5.74) is 1.96. The first kappa shape index (κ1) is 19.7. The SMILES string of the molecule is C[C@H](Nc1ccc(O[C@@H]2CCCC[C@@H]2O)cc1)c1ccc(S(C)(=O)=O)cc1. The smallest absolute Gasteiger partial charge is 0.175 e. The first-order chi connectivity index (χ1) is 12.8. The molecule has 0 aliphatic heterocycles. The highest BCUT2D eigenvalue weighted by molar-refractivity contribution is 7.90. The molecule has 27 heavy (non-hydrogen) atoms. The van der Waals surface area contributed by atoms with E-state index in [0.29, 0.717) is 4.90 Å². The fraction of sp³-hybridized carbons (Fsp3) is 0.429. The molecule has 0 heterocycles. The predicted octanol–water partition coefficient (Wildman–Crippen LogP) is 3.95. The normalized spacial score (nSPS) is 21.4. The van der Waals surface area contributed by atoms with Crippen molar-refractivity contribution in [3.05, 3.63) is 54.1 Å². The fourth-order valence-electron chi connectivity index (χ4n) is 3.36. The van der Waals surface area contributed by atoms with Gasteiger partial charge in [0.1, 0.15) is 11.9 Å². The van der Waals surface area contributed by atoms with Gasteiger partial charge in [-0.15, -0.1) is 0 Å². The molecule has 0 radical (unpaired) electrons. The van der Waals surface area contributed by atoms with Crippen LogP contribution in [0.1, 0.15) is 44.2 Å². The van der Waals surface area contributed by atoms with Crippen LogP contribution in [0.5, 0.6) is 5.75 Å². The number of hydrogen-bond acceptors (Lipinski definition) is 5. The predicted molar refractivity (Wildman–Crippen MR) is 107 cm³/mol. The minimum Gasteiger partial charge on any atom is -0.488 e. The van der Waals surface area contributed by atoms with Crippen LogP contribution in [0.15, 0.2) is 53.4 Å². The van der Waals surface area contributed by atoms with E-state index in [2.05, 4.69) is 5.32 Å². The van der Waals surface area contributed by atoms with E-state index in [1.54, 1.807) is 12.1 Å². The van der Waals surface area contributed by atoms with Crippen LogP contribution in [-0.2, 0) is 9.84 Å². The average Bonchev–Trinajstić information content (AvgIpc) is 2.64. The van der Waals surface area contributed by atoms with Crippen molar-refractivity contribution >= 4 is 15.5 Å². The van der Waals surface area contributed by atoms with Crippen LogP contribution < -0.4 is 10.1 Å². The van der Waals surface area contributed by atoms with Gasteiger partial charge in [0, 0.05) is 18.0 Å². The van der Waals surface area contributed by atoms with Gasteiger partial charge in [0.25, 0.3) is 0 Å². The second-order valence-corrected chi connectivity index (χ2v) is 9.26. The first-order valence-electron chi connectivity index (χ1n) is 9.34. The summed E-state index contributed by atoms with van der Waals surface area (Å²) in [6, 6.07) is 14.7. The molecule has 1 aliphatic carbocycles. The van der Waals surface area contributed by atoms with E-state index >= 15 is 0 Å². The van der Waals surface area contributed by atoms with Crippen LogP contribution in [0.2, 0.25) is 0 Å². The molecule has 0 amide bonds. The summed E-state index contributed by atoms with van der Waals surface area (Å²) in [6.07, 6.45) is 4.56. The third-order valence-corrected chi connectivity index (χ3v) is 6.13. The standard InChI is InChI=1S/C21H27NO4S/c1-15(16-7-13-19(14-8-16)27(2,24)25)22-17-9-11-18(12-10-17)26-21-6-4-3-5-20(21)23/h7-15,20-23H,3-6H2,1-2H3/t15-,20-,21+/m0/s1. The molecule has 0 saturated heterocycles. The van der Waals surface area contributed by atoms with Crippen LogP contribution in [0.3, 0.4) is 0 Å². The Kier molecular flexibility index (Phi) is 6.07. The largest absolute Gasteiger partial charge is 0.488 e. The molecular weight excluding hydrogens is 362 g/mol. The van der Waals surface area contributed by atoms with Crippen molar-refractivity contribution < 1.29 is 18.3 Å². The third kappa shape index (κ3) is 5.23. The molecule has 2 aromatic rings. The topological polar surface area (TPSA) is 75.6 Å². The van der Waals surface area contributed by atoms with Gasteiger partial charge in [0.15, 0.2) is 9.84 Å². The van der Waals surface area contributed by atoms with E-state index in [4.69, 9.17) is 4.74 Å². The Labute approximate surface area is 161 Å². The van der Waals surface area contributed by atoms with Crippen molar-refractivity contribution in [2.45, 2.75) is 55.8 Å². The summed E-state index contributed by atoms with van der Waals surface area (Å²) in [5.74, 6) is 0.761. The summed E-state index contributed by atoms with van der Waals surface area (Å²) in [7, 11) is -3.18. The van der Waals surface area contributed by atoms with Crippen LogP contribution in [0, 0.1) is 0 Å². The Balaban J connectivity index is 1.60. The highest BCUT2D eigenvalue weighted by Gasteiger charge is 2.24. The van der Waals surface area contributed by atoms with E-state index in [0.717, 1.165) is 42.7 Å². The maximum atomic E-state index is 11.6. The molecule has 2 N–H and O–H groups in total. The summed E-state index contributed by atoms with van der Waals surface area (Å²) in [6.45, 7) is 2.03. The van der Waals surface area contributed by atoms with Crippen molar-refractivity contribution in [1.29, 1.82) is 0 Å². The molecule has 0 aromatic heterocycles. The van der Waals surface area contributed by atoms with Crippen molar-refractivity contribution in [2.75, 3.05) is 11.6 Å². The van der Waals surface area contributed by atoms with Gasteiger partial charge < -0.3 is 15.2 Å². The Morgan fingerprint density at radius 2 is 1.67 bits per heavy atom. The van der Waals surface area contributed by atoms with Gasteiger partial charge in [-0.05, 0) is 68.1 Å². The Morgan fingerprint density at radius 1 is 1.04 bits per heavy atom. The number of anilines is 1. The number of aliphatic hydroxyl groups is 1. The maximum Gasteiger partial charge on any atom is 0.175 e. The molecule has 3 atom stereocenters. The fourth-order valence-corrected chi connectivity index (χ4v) is 3.99. The third-order valence-electron chi connectivity index (χ3n) is 5.00. The minimum absolute atomic E-state index is 0.0329. The first-order valence-corrected chi connectivity index (χ1v) is 11.2. The van der Waals surface area contributed by atoms with Crippen molar-refractivity contribution in [3.63, 3.8) is 0 Å². The molecular formula is C21H27NO4S. The zero-order chi connectivity index (χ0) is 19.4. The highest BCUT2D eigenvalue weighted by atomic mass is 32.2. The summed E-state index contributed by atoms with van der Waals surface area (Å²) >= 11 is 0. The molecule has 3 rings (SSSR count). The molecule has 146 valence electrons. The van der Waals surface area contributed by atoms with E-state index < -0.39 is 9.84 Å². The van der Waals surface area contributed by atoms with Gasteiger partial charge in [0.2, 0.25) is 0 Å². The van der Waals surface area contributed by atoms with E-state index in [9.17, 15) is 13.5 Å². The molecule has 2 aromatic carbocycles. The maximum absolute atomic E-state index is 11.6. The number of sulfone groups is 1. The van der Waals surface area contributed by atoms with E-state index in [1.807, 2.05) is 43.3 Å². The van der Waals surface area contributed by atoms with Crippen molar-refractivity contribution in [3.8, 4) is 5.75 Å². The summed E-state index contributed by atoms with van der Waals surface area (Å²) in [4.78, 5) is 0.324. The lowest BCUT2D eigenvalue weighted by Gasteiger charge is -2.28. The van der Waals surface area contributed by atoms with Crippen molar-refractivity contribution in [1.82, 2.24) is 0 Å². The molecule has 5 nitrogen and oxygen atoms in total. The van der Waals surface area contributed by atoms with Crippen molar-refractivity contribution in [2.24, 2.45) is 0 Å². The molecule has 1 aliphatic rings. The van der Waals surface area contributed by atoms with E-state index in [1.165, 1.54) is 6.26 Å². The lowest BCUT2D eigenvalue weighted by Crippen LogP contribution is -2.34. The number of benzene rings is 2. The number of nitrogens with one attached hydrogen (secondary N) is 1. The lowest BCUT2D eigenvalue weighted by atomic mass is 9.95. The van der Waals surface area contributed by atoms with Gasteiger partial charge in [-0.1, -0.05) is 18.6 Å². The van der Waals surface area contributed by atoms with Crippen LogP contribution >= 0.6 is 0 Å². The number of hydrogen-bond donors (Lipinski definition) is 2. The average molecular weight is 390 g/mol. The van der Waals surface area contributed by atoms with Gasteiger partial charge in [0.05, 0.1) is 11.0 Å². The number of rotatable bonds is 6. The van der Waals surface area contributed by atoms with Crippen LogP contribution in [-0.4, -0.2) is 32.0 Å². The van der Waals surface area contributed by atoms with Gasteiger partial charge in [-0.2, -0.15) is 0 Å². The quantitative estimate of drug-likeness (QED) is 0.782. The zero-order valence-corrected chi connectivity index (χ0v) is 16.6. The lowest BCUT2D eigenvalue weighted by molar-refractivity contribution is 0.00688. The molecule has 0 bridgehead atoms. The van der Waals surface area contributed by atoms with Gasteiger partial charge in [-0.25, -0.2) is 8.42 Å². The van der Waals surface area contributed by atoms with Crippen LogP contribution in [0.25, 0.3) is 0 Å². The summed E-state index contributed by atoms with van der Waals surface area (Å²) in [5, 5.41) is 13.4. The highest BCUT2D eigenvalue weighted by Crippen LogP contribution is 2.26. The van der Waals surface area contributed by atoms with Gasteiger partial charge >= 0.3 is 0 Å². The molecule has 0 spiro atoms. The number of ether oxygens (including phenoxy) is 1. The molecule has 1 fully saturated rings. The minimum atomic E-state index is -3.18. The summed E-state index contributed by atoms with van der Waals surface area (Å²) < 4.78 is 29.0. The zero-order valence-electron chi connectivity index (χ0n) is 15.8. The monoisotopic (exact) mass is 389 g/mol. The Bertz CT molecular complexity index is 847. The molecule has 0 unspecified atom stereocenters. The second-order valence-electron chi connectivity index (χ2n) is 7.24. The Morgan fingerprint density at radius 3 is 2.26 bits per heavy atom. The molecule has 1 saturated carbocycles. The second kappa shape index (κ2) is 8.31. The Hall–Kier alpha value is -2.05. The van der Waals surface area contributed by atoms with Gasteiger partial charge in [-0.3, -0.25) is 0 Å². The molecule has 6 heteroatoms. The van der Waals surface area contributed by atoms with E-state index in [-0.39, 0.29) is 18.2 Å².